The number of aromatic hydroxyl groups is 1. The van der Waals surface area contributed by atoms with Crippen LogP contribution in [0.2, 0.25) is 0 Å². The van der Waals surface area contributed by atoms with Crippen LogP contribution in [0.4, 0.5) is 4.79 Å². The summed E-state index contributed by atoms with van der Waals surface area (Å²) in [6.45, 7) is 3.59. The van der Waals surface area contributed by atoms with Gasteiger partial charge in [0.1, 0.15) is 5.75 Å². The first kappa shape index (κ1) is 11.9. The lowest BCUT2D eigenvalue weighted by atomic mass is 10.1. The lowest BCUT2D eigenvalue weighted by Gasteiger charge is -2.05. The van der Waals surface area contributed by atoms with Crippen LogP contribution in [-0.4, -0.2) is 17.1 Å². The van der Waals surface area contributed by atoms with Crippen LogP contribution in [0.25, 0.3) is 6.08 Å². The lowest BCUT2D eigenvalue weighted by molar-refractivity contribution is -0.116. The highest BCUT2D eigenvalue weighted by Crippen LogP contribution is 2.26. The number of hydrogen-bond donors (Lipinski definition) is 2. The molecule has 18 heavy (non-hydrogen) atoms. The van der Waals surface area contributed by atoms with Crippen molar-refractivity contribution in [3.05, 3.63) is 47.7 Å². The van der Waals surface area contributed by atoms with Crippen molar-refractivity contribution in [1.82, 2.24) is 5.32 Å². The summed E-state index contributed by atoms with van der Waals surface area (Å²) in [7, 11) is 0. The van der Waals surface area contributed by atoms with Crippen molar-refractivity contribution >= 4 is 18.1 Å². The Bertz CT molecular complexity index is 560. The monoisotopic (exact) mass is 245 g/mol. The molecule has 1 aliphatic heterocycles. The Morgan fingerprint density at radius 2 is 2.17 bits per heavy atom. The Morgan fingerprint density at radius 1 is 1.39 bits per heavy atom. The predicted molar refractivity (Wildman–Crippen MR) is 64.6 cm³/mol. The van der Waals surface area contributed by atoms with Gasteiger partial charge in [-0.3, -0.25) is 10.1 Å². The molecule has 0 aliphatic carbocycles. The van der Waals surface area contributed by atoms with Crippen LogP contribution in [0.15, 0.2) is 36.6 Å². The van der Waals surface area contributed by atoms with Crippen molar-refractivity contribution in [2.45, 2.75) is 6.42 Å². The molecule has 0 unspecified atom stereocenters. The fraction of sp³-hybridized carbons (Fsp3) is 0.0769. The van der Waals surface area contributed by atoms with Gasteiger partial charge in [0.15, 0.2) is 5.76 Å². The Hall–Kier alpha value is -2.56. The molecule has 92 valence electrons. The van der Waals surface area contributed by atoms with Crippen molar-refractivity contribution in [1.29, 1.82) is 0 Å². The van der Waals surface area contributed by atoms with E-state index in [0.717, 1.165) is 0 Å². The zero-order valence-electron chi connectivity index (χ0n) is 9.47. The van der Waals surface area contributed by atoms with Crippen molar-refractivity contribution < 1.29 is 19.4 Å². The van der Waals surface area contributed by atoms with Gasteiger partial charge in [0.25, 0.3) is 5.91 Å². The fourth-order valence-electron chi connectivity index (χ4n) is 1.61. The minimum atomic E-state index is -0.812. The van der Waals surface area contributed by atoms with E-state index in [-0.39, 0.29) is 11.5 Å². The minimum Gasteiger partial charge on any atom is -0.507 e. The molecule has 0 radical (unpaired) electrons. The number of ether oxygens (including phenoxy) is 1. The number of imide groups is 1. The van der Waals surface area contributed by atoms with Crippen molar-refractivity contribution in [3.8, 4) is 5.75 Å². The summed E-state index contributed by atoms with van der Waals surface area (Å²) in [6.07, 6.45) is 2.68. The summed E-state index contributed by atoms with van der Waals surface area (Å²) < 4.78 is 4.66. The SMILES string of the molecule is C=CCc1cccc(C=C2OC(=O)NC2=O)c1O. The molecular formula is C13H11NO4. The summed E-state index contributed by atoms with van der Waals surface area (Å²) in [5.41, 5.74) is 1.10. The Morgan fingerprint density at radius 3 is 2.78 bits per heavy atom. The topological polar surface area (TPSA) is 75.6 Å². The normalized spacial score (nSPS) is 16.6. The largest absolute Gasteiger partial charge is 0.507 e. The number of para-hydroxylation sites is 1. The number of nitrogens with one attached hydrogen (secondary N) is 1. The molecule has 2 amide bonds. The Balaban J connectivity index is 2.37. The fourth-order valence-corrected chi connectivity index (χ4v) is 1.61. The van der Waals surface area contributed by atoms with E-state index in [0.29, 0.717) is 17.5 Å². The summed E-state index contributed by atoms with van der Waals surface area (Å²) >= 11 is 0. The zero-order valence-corrected chi connectivity index (χ0v) is 9.47. The molecule has 2 N–H and O–H groups in total. The van der Waals surface area contributed by atoms with Crippen LogP contribution >= 0.6 is 0 Å². The molecule has 2 rings (SSSR count). The molecule has 0 aromatic heterocycles. The molecule has 1 fully saturated rings. The van der Waals surface area contributed by atoms with E-state index in [9.17, 15) is 14.7 Å². The molecule has 0 bridgehead atoms. The van der Waals surface area contributed by atoms with Gasteiger partial charge in [-0.05, 0) is 18.1 Å². The van der Waals surface area contributed by atoms with Gasteiger partial charge in [-0.1, -0.05) is 24.3 Å². The van der Waals surface area contributed by atoms with Crippen LogP contribution in [0.5, 0.6) is 5.75 Å². The van der Waals surface area contributed by atoms with Gasteiger partial charge in [0.2, 0.25) is 0 Å². The number of hydrogen-bond acceptors (Lipinski definition) is 4. The average molecular weight is 245 g/mol. The maximum Gasteiger partial charge on any atom is 0.419 e. The standard InChI is InChI=1S/C13H11NO4/c1-2-4-8-5-3-6-9(11(8)15)7-10-12(16)14-13(17)18-10/h2-3,5-7,15H,1,4H2,(H,14,16,17). The second-order valence-electron chi connectivity index (χ2n) is 3.70. The number of carbonyl (C=O) groups excluding carboxylic acids is 2. The average Bonchev–Trinajstić information content (AvgIpc) is 2.63. The summed E-state index contributed by atoms with van der Waals surface area (Å²) in [5.74, 6) is -0.708. The highest BCUT2D eigenvalue weighted by molar-refractivity contribution is 6.10. The molecule has 1 aliphatic rings. The summed E-state index contributed by atoms with van der Waals surface area (Å²) in [5, 5.41) is 11.9. The number of benzene rings is 1. The first-order chi connectivity index (χ1) is 8.61. The van der Waals surface area contributed by atoms with E-state index in [1.807, 2.05) is 5.32 Å². The smallest absolute Gasteiger partial charge is 0.419 e. The predicted octanol–water partition coefficient (Wildman–Crippen LogP) is 1.73. The highest BCUT2D eigenvalue weighted by atomic mass is 16.6. The molecule has 1 saturated heterocycles. The number of amides is 2. The number of carbonyl (C=O) groups is 2. The van der Waals surface area contributed by atoms with Crippen LogP contribution in [0, 0.1) is 0 Å². The third-order valence-corrected chi connectivity index (χ3v) is 2.44. The number of phenolic OH excluding ortho intramolecular Hbond substituents is 1. The molecule has 1 aromatic rings. The zero-order chi connectivity index (χ0) is 13.1. The third-order valence-electron chi connectivity index (χ3n) is 2.44. The quantitative estimate of drug-likeness (QED) is 0.628. The second kappa shape index (κ2) is 4.75. The van der Waals surface area contributed by atoms with E-state index < -0.39 is 12.0 Å². The van der Waals surface area contributed by atoms with Crippen molar-refractivity contribution in [3.63, 3.8) is 0 Å². The maximum atomic E-state index is 11.3. The second-order valence-corrected chi connectivity index (χ2v) is 3.70. The summed E-state index contributed by atoms with van der Waals surface area (Å²) in [4.78, 5) is 22.1. The van der Waals surface area contributed by atoms with E-state index in [1.54, 1.807) is 24.3 Å². The minimum absolute atomic E-state index is 0.0423. The van der Waals surface area contributed by atoms with Crippen LogP contribution in [0.1, 0.15) is 11.1 Å². The van der Waals surface area contributed by atoms with E-state index in [4.69, 9.17) is 0 Å². The molecule has 1 aromatic carbocycles. The number of cyclic esters (lactones) is 1. The van der Waals surface area contributed by atoms with Crippen molar-refractivity contribution in [2.24, 2.45) is 0 Å². The maximum absolute atomic E-state index is 11.3. The van der Waals surface area contributed by atoms with Crippen LogP contribution < -0.4 is 5.32 Å². The van der Waals surface area contributed by atoms with E-state index in [2.05, 4.69) is 11.3 Å². The van der Waals surface area contributed by atoms with E-state index >= 15 is 0 Å². The Kier molecular flexibility index (Phi) is 3.14. The molecule has 0 atom stereocenters. The van der Waals surface area contributed by atoms with Gasteiger partial charge in [0.05, 0.1) is 0 Å². The highest BCUT2D eigenvalue weighted by Gasteiger charge is 2.26. The first-order valence-electron chi connectivity index (χ1n) is 5.28. The molecular weight excluding hydrogens is 234 g/mol. The Labute approximate surface area is 103 Å². The van der Waals surface area contributed by atoms with Gasteiger partial charge in [-0.15, -0.1) is 6.58 Å². The lowest BCUT2D eigenvalue weighted by Crippen LogP contribution is -2.18. The molecule has 0 spiro atoms. The number of alkyl carbamates (subject to hydrolysis) is 1. The van der Waals surface area contributed by atoms with Gasteiger partial charge >= 0.3 is 6.09 Å². The molecule has 1 heterocycles. The summed E-state index contributed by atoms with van der Waals surface area (Å²) in [6, 6.07) is 5.10. The van der Waals surface area contributed by atoms with E-state index in [1.165, 1.54) is 6.08 Å². The van der Waals surface area contributed by atoms with Gasteiger partial charge in [0, 0.05) is 5.56 Å². The molecule has 5 heteroatoms. The number of allylic oxidation sites excluding steroid dienone is 1. The van der Waals surface area contributed by atoms with Gasteiger partial charge in [-0.25, -0.2) is 4.79 Å². The van der Waals surface area contributed by atoms with Crippen LogP contribution in [-0.2, 0) is 16.0 Å². The van der Waals surface area contributed by atoms with Gasteiger partial charge in [-0.2, -0.15) is 0 Å². The molecule has 5 nitrogen and oxygen atoms in total. The number of rotatable bonds is 3. The van der Waals surface area contributed by atoms with Gasteiger partial charge < -0.3 is 9.84 Å². The number of phenols is 1. The van der Waals surface area contributed by atoms with Crippen molar-refractivity contribution in [2.75, 3.05) is 0 Å². The first-order valence-corrected chi connectivity index (χ1v) is 5.28. The van der Waals surface area contributed by atoms with Crippen LogP contribution in [0.3, 0.4) is 0 Å². The molecule has 0 saturated carbocycles. The third kappa shape index (κ3) is 2.24.